The van der Waals surface area contributed by atoms with E-state index >= 15 is 0 Å². The average Bonchev–Trinajstić information content (AvgIpc) is 3.32. The summed E-state index contributed by atoms with van der Waals surface area (Å²) in [5.41, 5.74) is 4.57. The van der Waals surface area contributed by atoms with Crippen molar-refractivity contribution in [2.24, 2.45) is 0 Å². The van der Waals surface area contributed by atoms with Crippen molar-refractivity contribution in [2.75, 3.05) is 7.11 Å². The van der Waals surface area contributed by atoms with E-state index in [1.165, 1.54) is 0 Å². The number of methoxy groups -OCH3 is 1. The standard InChI is InChI=1S/C29H22Cl2N2O3/c1-17(18-3-5-19(6-4-18)29(34)35)33-28(16-27(32-33)25-12-10-23(30)15-26(25)31)22-8-7-21-14-24(36-2)11-9-20(21)13-22/h3-17H,1-2H3,(H,34,35)/t17-/m0/s1. The van der Waals surface area contributed by atoms with Crippen molar-refractivity contribution in [3.8, 4) is 28.3 Å². The predicted molar refractivity (Wildman–Crippen MR) is 144 cm³/mol. The Balaban J connectivity index is 1.65. The second-order valence-corrected chi connectivity index (χ2v) is 9.36. The third kappa shape index (κ3) is 4.55. The number of benzene rings is 4. The summed E-state index contributed by atoms with van der Waals surface area (Å²) in [7, 11) is 1.65. The maximum Gasteiger partial charge on any atom is 0.335 e. The van der Waals surface area contributed by atoms with Gasteiger partial charge in [-0.3, -0.25) is 4.68 Å². The van der Waals surface area contributed by atoms with Crippen LogP contribution in [-0.4, -0.2) is 28.0 Å². The molecule has 1 aromatic heterocycles. The number of rotatable bonds is 6. The van der Waals surface area contributed by atoms with E-state index in [1.807, 2.05) is 54.1 Å². The molecule has 5 nitrogen and oxygen atoms in total. The molecule has 0 unspecified atom stereocenters. The van der Waals surface area contributed by atoms with Gasteiger partial charge in [-0.1, -0.05) is 53.5 Å². The minimum absolute atomic E-state index is 0.172. The molecule has 0 saturated carbocycles. The lowest BCUT2D eigenvalue weighted by atomic mass is 10.0. The van der Waals surface area contributed by atoms with Crippen LogP contribution in [0.1, 0.15) is 28.9 Å². The summed E-state index contributed by atoms with van der Waals surface area (Å²) in [6, 6.07) is 26.3. The maximum atomic E-state index is 11.3. The molecule has 0 spiro atoms. The van der Waals surface area contributed by atoms with E-state index < -0.39 is 5.97 Å². The van der Waals surface area contributed by atoms with Crippen molar-refractivity contribution in [3.63, 3.8) is 0 Å². The van der Waals surface area contributed by atoms with Crippen LogP contribution in [0.3, 0.4) is 0 Å². The molecule has 0 radical (unpaired) electrons. The van der Waals surface area contributed by atoms with Gasteiger partial charge in [-0.25, -0.2) is 4.79 Å². The minimum atomic E-state index is -0.957. The van der Waals surface area contributed by atoms with E-state index in [2.05, 4.69) is 18.2 Å². The van der Waals surface area contributed by atoms with E-state index in [1.54, 1.807) is 31.4 Å². The SMILES string of the molecule is COc1ccc2cc(-c3cc(-c4ccc(Cl)cc4Cl)nn3[C@@H](C)c3ccc(C(=O)O)cc3)ccc2c1. The molecule has 1 atom stereocenters. The van der Waals surface area contributed by atoms with Crippen molar-refractivity contribution in [2.45, 2.75) is 13.0 Å². The number of hydrogen-bond donors (Lipinski definition) is 1. The fraction of sp³-hybridized carbons (Fsp3) is 0.103. The molecule has 5 rings (SSSR count). The molecule has 0 aliphatic carbocycles. The average molecular weight is 517 g/mol. The number of hydrogen-bond acceptors (Lipinski definition) is 3. The molecule has 5 aromatic rings. The van der Waals surface area contributed by atoms with E-state index in [-0.39, 0.29) is 11.6 Å². The third-order valence-electron chi connectivity index (χ3n) is 6.29. The normalized spacial score (nSPS) is 12.0. The monoisotopic (exact) mass is 516 g/mol. The number of carbonyl (C=O) groups is 1. The highest BCUT2D eigenvalue weighted by molar-refractivity contribution is 6.36. The van der Waals surface area contributed by atoms with Gasteiger partial charge in [-0.2, -0.15) is 5.10 Å². The number of halogens is 2. The Labute approximate surface area is 218 Å². The number of carboxylic acids is 1. The fourth-order valence-electron chi connectivity index (χ4n) is 4.29. The van der Waals surface area contributed by atoms with Gasteiger partial charge >= 0.3 is 5.97 Å². The molecule has 7 heteroatoms. The third-order valence-corrected chi connectivity index (χ3v) is 6.84. The highest BCUT2D eigenvalue weighted by Crippen LogP contribution is 2.36. The van der Waals surface area contributed by atoms with Crippen molar-refractivity contribution in [1.29, 1.82) is 0 Å². The van der Waals surface area contributed by atoms with Crippen molar-refractivity contribution >= 4 is 39.9 Å². The first-order chi connectivity index (χ1) is 17.3. The molecule has 0 saturated heterocycles. The Hall–Kier alpha value is -3.80. The van der Waals surface area contributed by atoms with Gasteiger partial charge in [0.1, 0.15) is 5.75 Å². The first kappa shape index (κ1) is 23.9. The first-order valence-corrected chi connectivity index (χ1v) is 12.1. The van der Waals surface area contributed by atoms with Gasteiger partial charge in [-0.05, 0) is 77.9 Å². The lowest BCUT2D eigenvalue weighted by molar-refractivity contribution is 0.0697. The van der Waals surface area contributed by atoms with Crippen molar-refractivity contribution in [3.05, 3.63) is 106 Å². The largest absolute Gasteiger partial charge is 0.497 e. The minimum Gasteiger partial charge on any atom is -0.497 e. The van der Waals surface area contributed by atoms with Gasteiger partial charge in [0.25, 0.3) is 0 Å². The van der Waals surface area contributed by atoms with Crippen LogP contribution in [0, 0.1) is 0 Å². The number of carboxylic acid groups (broad SMARTS) is 1. The Kier molecular flexibility index (Phi) is 6.44. The smallest absolute Gasteiger partial charge is 0.335 e. The predicted octanol–water partition coefficient (Wildman–Crippen LogP) is 7.99. The summed E-state index contributed by atoms with van der Waals surface area (Å²) in [6.45, 7) is 2.03. The zero-order valence-electron chi connectivity index (χ0n) is 19.6. The molecule has 180 valence electrons. The van der Waals surface area contributed by atoms with E-state index in [4.69, 9.17) is 33.0 Å². The van der Waals surface area contributed by atoms with Gasteiger partial charge in [0.2, 0.25) is 0 Å². The fourth-order valence-corrected chi connectivity index (χ4v) is 4.79. The highest BCUT2D eigenvalue weighted by atomic mass is 35.5. The van der Waals surface area contributed by atoms with Crippen LogP contribution in [0.5, 0.6) is 5.75 Å². The summed E-state index contributed by atoms with van der Waals surface area (Å²) >= 11 is 12.6. The molecule has 0 aliphatic rings. The van der Waals surface area contributed by atoms with Gasteiger partial charge in [0, 0.05) is 16.1 Å². The molecule has 1 heterocycles. The Bertz CT molecular complexity index is 1590. The van der Waals surface area contributed by atoms with Crippen LogP contribution in [0.25, 0.3) is 33.3 Å². The van der Waals surface area contributed by atoms with Gasteiger partial charge in [0.05, 0.1) is 35.1 Å². The molecule has 0 aliphatic heterocycles. The summed E-state index contributed by atoms with van der Waals surface area (Å²) in [4.78, 5) is 11.3. The quantitative estimate of drug-likeness (QED) is 0.248. The van der Waals surface area contributed by atoms with E-state index in [0.29, 0.717) is 10.0 Å². The number of aromatic nitrogens is 2. The summed E-state index contributed by atoms with van der Waals surface area (Å²) < 4.78 is 7.30. The lowest BCUT2D eigenvalue weighted by Gasteiger charge is -2.17. The summed E-state index contributed by atoms with van der Waals surface area (Å²) in [6.07, 6.45) is 0. The number of ether oxygens (including phenoxy) is 1. The first-order valence-electron chi connectivity index (χ1n) is 11.3. The highest BCUT2D eigenvalue weighted by Gasteiger charge is 2.19. The summed E-state index contributed by atoms with van der Waals surface area (Å²) in [5, 5.41) is 17.4. The number of fused-ring (bicyclic) bond motifs is 1. The van der Waals surface area contributed by atoms with Gasteiger partial charge in [0.15, 0.2) is 0 Å². The molecular weight excluding hydrogens is 495 g/mol. The van der Waals surface area contributed by atoms with E-state index in [9.17, 15) is 9.90 Å². The van der Waals surface area contributed by atoms with Crippen LogP contribution in [0.15, 0.2) is 84.9 Å². The van der Waals surface area contributed by atoms with Crippen LogP contribution in [0.4, 0.5) is 0 Å². The molecule has 0 fully saturated rings. The Morgan fingerprint density at radius 1 is 0.917 bits per heavy atom. The van der Waals surface area contributed by atoms with Crippen LogP contribution >= 0.6 is 23.2 Å². The summed E-state index contributed by atoms with van der Waals surface area (Å²) in [5.74, 6) is -0.153. The molecule has 36 heavy (non-hydrogen) atoms. The zero-order chi connectivity index (χ0) is 25.4. The maximum absolute atomic E-state index is 11.3. The zero-order valence-corrected chi connectivity index (χ0v) is 21.1. The Morgan fingerprint density at radius 2 is 1.64 bits per heavy atom. The van der Waals surface area contributed by atoms with Crippen LogP contribution in [-0.2, 0) is 0 Å². The molecular formula is C29H22Cl2N2O3. The molecule has 0 bridgehead atoms. The van der Waals surface area contributed by atoms with E-state index in [0.717, 1.165) is 44.6 Å². The topological polar surface area (TPSA) is 64.4 Å². The van der Waals surface area contributed by atoms with Crippen LogP contribution in [0.2, 0.25) is 10.0 Å². The second kappa shape index (κ2) is 9.69. The van der Waals surface area contributed by atoms with Gasteiger partial charge in [-0.15, -0.1) is 0 Å². The molecule has 1 N–H and O–H groups in total. The molecule has 4 aromatic carbocycles. The van der Waals surface area contributed by atoms with Crippen molar-refractivity contribution < 1.29 is 14.6 Å². The lowest BCUT2D eigenvalue weighted by Crippen LogP contribution is -2.10. The van der Waals surface area contributed by atoms with Crippen LogP contribution < -0.4 is 4.74 Å². The molecule has 0 amide bonds. The van der Waals surface area contributed by atoms with Gasteiger partial charge < -0.3 is 9.84 Å². The number of nitrogens with zero attached hydrogens (tertiary/aromatic N) is 2. The number of aromatic carboxylic acids is 1. The Morgan fingerprint density at radius 3 is 2.33 bits per heavy atom. The van der Waals surface area contributed by atoms with Crippen molar-refractivity contribution in [1.82, 2.24) is 9.78 Å². The second-order valence-electron chi connectivity index (χ2n) is 8.51.